The fourth-order valence-corrected chi connectivity index (χ4v) is 7.99. The first-order valence-corrected chi connectivity index (χ1v) is 15.2. The van der Waals surface area contributed by atoms with Gasteiger partial charge in [0, 0.05) is 22.5 Å². The van der Waals surface area contributed by atoms with Crippen LogP contribution in [0.2, 0.25) is 5.02 Å². The molecule has 1 heterocycles. The Hall–Kier alpha value is -3.09. The van der Waals surface area contributed by atoms with Crippen LogP contribution in [0.1, 0.15) is 74.8 Å². The third-order valence-electron chi connectivity index (χ3n) is 10.0. The molecule has 2 aromatic carbocycles. The molecule has 1 aromatic heterocycles. The molecule has 1 fully saturated rings. The van der Waals surface area contributed by atoms with Gasteiger partial charge in [-0.05, 0) is 111 Å². The Kier molecular flexibility index (Phi) is 7.27. The first-order valence-electron chi connectivity index (χ1n) is 14.8. The van der Waals surface area contributed by atoms with Crippen LogP contribution in [0.15, 0.2) is 60.8 Å². The number of halogens is 1. The molecular formula is C34H39ClN2O4. The van der Waals surface area contributed by atoms with Crippen molar-refractivity contribution in [1.82, 2.24) is 4.98 Å². The Bertz CT molecular complexity index is 1450. The van der Waals surface area contributed by atoms with Crippen LogP contribution in [0.5, 0.6) is 5.75 Å². The normalized spacial score (nSPS) is 29.1. The van der Waals surface area contributed by atoms with Gasteiger partial charge in [0.25, 0.3) is 0 Å². The summed E-state index contributed by atoms with van der Waals surface area (Å²) in [5, 5.41) is 25.0. The number of rotatable bonds is 8. The topological polar surface area (TPSA) is 91.7 Å². The molecule has 3 N–H and O–H groups in total. The highest BCUT2D eigenvalue weighted by Gasteiger charge is 2.54. The van der Waals surface area contributed by atoms with Crippen LogP contribution >= 0.6 is 11.6 Å². The van der Waals surface area contributed by atoms with Gasteiger partial charge in [-0.1, -0.05) is 48.9 Å². The molecule has 0 saturated heterocycles. The van der Waals surface area contributed by atoms with Crippen LogP contribution in [-0.2, 0) is 28.7 Å². The minimum atomic E-state index is -1.02. The van der Waals surface area contributed by atoms with Gasteiger partial charge in [0.15, 0.2) is 0 Å². The summed E-state index contributed by atoms with van der Waals surface area (Å²) < 4.78 is 6.36. The molecular weight excluding hydrogens is 536 g/mol. The zero-order chi connectivity index (χ0) is 28.8. The maximum Gasteiger partial charge on any atom is 0.329 e. The van der Waals surface area contributed by atoms with Crippen molar-refractivity contribution in [2.24, 2.45) is 11.8 Å². The van der Waals surface area contributed by atoms with Crippen LogP contribution < -0.4 is 10.1 Å². The molecule has 3 aromatic rings. The van der Waals surface area contributed by atoms with Gasteiger partial charge in [0.2, 0.25) is 0 Å². The number of hydrogen-bond donors (Lipinski definition) is 3. The molecule has 0 amide bonds. The molecule has 1 saturated carbocycles. The van der Waals surface area contributed by atoms with E-state index in [2.05, 4.69) is 41.5 Å². The van der Waals surface area contributed by atoms with E-state index in [4.69, 9.17) is 16.3 Å². The Morgan fingerprint density at radius 1 is 1.12 bits per heavy atom. The summed E-state index contributed by atoms with van der Waals surface area (Å²) in [4.78, 5) is 17.1. The van der Waals surface area contributed by atoms with E-state index in [-0.39, 0.29) is 5.41 Å². The number of fused-ring (bicyclic) bond motifs is 3. The lowest BCUT2D eigenvalue weighted by atomic mass is 9.59. The van der Waals surface area contributed by atoms with Crippen LogP contribution in [0, 0.1) is 11.8 Å². The zero-order valence-corrected chi connectivity index (χ0v) is 24.6. The van der Waals surface area contributed by atoms with Gasteiger partial charge in [-0.3, -0.25) is 4.98 Å². The Morgan fingerprint density at radius 3 is 2.66 bits per heavy atom. The maximum absolute atomic E-state index is 12.7. The number of aliphatic hydroxyl groups is 1. The molecule has 0 radical (unpaired) electrons. The number of hydrogen-bond acceptors (Lipinski definition) is 5. The summed E-state index contributed by atoms with van der Waals surface area (Å²) in [7, 11) is 0. The van der Waals surface area contributed by atoms with E-state index < -0.39 is 17.1 Å². The molecule has 6 nitrogen and oxygen atoms in total. The van der Waals surface area contributed by atoms with Crippen molar-refractivity contribution in [3.05, 3.63) is 88.2 Å². The average molecular weight is 575 g/mol. The third-order valence-corrected chi connectivity index (χ3v) is 10.2. The third kappa shape index (κ3) is 5.10. The largest absolute Gasteiger partial charge is 0.493 e. The number of carboxylic acids is 1. The van der Waals surface area contributed by atoms with E-state index in [1.54, 1.807) is 18.3 Å². The predicted molar refractivity (Wildman–Crippen MR) is 161 cm³/mol. The van der Waals surface area contributed by atoms with Gasteiger partial charge >= 0.3 is 5.97 Å². The zero-order valence-electron chi connectivity index (χ0n) is 23.8. The molecule has 1 spiro atoms. The van der Waals surface area contributed by atoms with E-state index in [1.165, 1.54) is 11.1 Å². The highest BCUT2D eigenvalue weighted by molar-refractivity contribution is 6.30. The number of aliphatic carboxylic acids is 1. The molecule has 41 heavy (non-hydrogen) atoms. The first kappa shape index (κ1) is 28.0. The van der Waals surface area contributed by atoms with E-state index in [0.717, 1.165) is 54.8 Å². The van der Waals surface area contributed by atoms with E-state index in [0.29, 0.717) is 42.7 Å². The fourth-order valence-electron chi connectivity index (χ4n) is 7.80. The highest BCUT2D eigenvalue weighted by Crippen LogP contribution is 2.56. The predicted octanol–water partition coefficient (Wildman–Crippen LogP) is 6.91. The van der Waals surface area contributed by atoms with Crippen molar-refractivity contribution in [1.29, 1.82) is 0 Å². The van der Waals surface area contributed by atoms with E-state index in [9.17, 15) is 15.0 Å². The van der Waals surface area contributed by atoms with E-state index >= 15 is 0 Å². The quantitative estimate of drug-likeness (QED) is 0.271. The minimum Gasteiger partial charge on any atom is -0.493 e. The number of carbonyl (C=O) groups is 1. The van der Waals surface area contributed by atoms with Gasteiger partial charge in [0.1, 0.15) is 16.9 Å². The van der Waals surface area contributed by atoms with Crippen molar-refractivity contribution in [2.45, 2.75) is 81.8 Å². The van der Waals surface area contributed by atoms with Crippen LogP contribution in [-0.4, -0.2) is 33.3 Å². The second-order valence-corrected chi connectivity index (χ2v) is 13.2. The van der Waals surface area contributed by atoms with Gasteiger partial charge in [-0.15, -0.1) is 0 Å². The van der Waals surface area contributed by atoms with Crippen LogP contribution in [0.3, 0.4) is 0 Å². The Labute approximate surface area is 247 Å². The molecule has 3 aliphatic carbocycles. The summed E-state index contributed by atoms with van der Waals surface area (Å²) in [5.74, 6) is 0.758. The number of carboxylic acid groups (broad SMARTS) is 1. The standard InChI is InChI=1S/C34H39ClN2O4/c1-22(21-41-29-11-17-36-30-27(29)10-12-32(30,2)40)18-24-19-23-6-3-4-9-28(23)33(24)13-15-34(16-14-33,31(38)39)37-26-8-5-7-25(35)20-26/h3-9,11,17,20,22,24,37,40H,10,12-16,18-19,21H2,1-2H3,(H,38,39)/t22-,24+,32?,33?,34?/m1/s1. The molecule has 0 bridgehead atoms. The number of pyridine rings is 1. The molecule has 3 aliphatic rings. The summed E-state index contributed by atoms with van der Waals surface area (Å²) in [5.41, 5.74) is 3.35. The number of ether oxygens (including phenoxy) is 1. The summed E-state index contributed by atoms with van der Waals surface area (Å²) >= 11 is 6.20. The number of anilines is 1. The number of aromatic nitrogens is 1. The van der Waals surface area contributed by atoms with Gasteiger partial charge < -0.3 is 20.3 Å². The summed E-state index contributed by atoms with van der Waals surface area (Å²) in [6, 6.07) is 18.0. The SMILES string of the molecule is C[C@@H](COc1ccnc2c1CCC2(C)O)C[C@H]1Cc2ccccc2C12CCC(Nc1cccc(Cl)c1)(C(=O)O)CC2. The summed E-state index contributed by atoms with van der Waals surface area (Å²) in [6.07, 6.45) is 7.91. The number of nitrogens with zero attached hydrogens (tertiary/aromatic N) is 1. The maximum atomic E-state index is 12.7. The van der Waals surface area contributed by atoms with Gasteiger partial charge in [-0.25, -0.2) is 4.79 Å². The van der Waals surface area contributed by atoms with Crippen molar-refractivity contribution < 1.29 is 19.7 Å². The molecule has 3 atom stereocenters. The first-order chi connectivity index (χ1) is 19.6. The number of nitrogens with one attached hydrogen (secondary N) is 1. The monoisotopic (exact) mass is 574 g/mol. The summed E-state index contributed by atoms with van der Waals surface area (Å²) in [6.45, 7) is 4.67. The number of benzene rings is 2. The van der Waals surface area contributed by atoms with E-state index in [1.807, 2.05) is 25.1 Å². The average Bonchev–Trinajstić information content (AvgIpc) is 3.42. The van der Waals surface area contributed by atoms with Crippen molar-refractivity contribution in [3.8, 4) is 5.75 Å². The minimum absolute atomic E-state index is 0.0452. The van der Waals surface area contributed by atoms with Gasteiger partial charge in [0.05, 0.1) is 12.3 Å². The fraction of sp³-hybridized carbons (Fsp3) is 0.471. The van der Waals surface area contributed by atoms with Crippen LogP contribution in [0.4, 0.5) is 5.69 Å². The lowest BCUT2D eigenvalue weighted by molar-refractivity contribution is -0.144. The highest BCUT2D eigenvalue weighted by atomic mass is 35.5. The molecule has 216 valence electrons. The molecule has 7 heteroatoms. The molecule has 1 unspecified atom stereocenters. The lowest BCUT2D eigenvalue weighted by Crippen LogP contribution is -2.53. The Morgan fingerprint density at radius 2 is 1.90 bits per heavy atom. The smallest absolute Gasteiger partial charge is 0.329 e. The Balaban J connectivity index is 1.19. The second kappa shape index (κ2) is 10.6. The molecule has 6 rings (SSSR count). The lowest BCUT2D eigenvalue weighted by Gasteiger charge is -2.47. The van der Waals surface area contributed by atoms with Crippen molar-refractivity contribution in [2.75, 3.05) is 11.9 Å². The molecule has 0 aliphatic heterocycles. The van der Waals surface area contributed by atoms with Gasteiger partial charge in [-0.2, -0.15) is 0 Å². The van der Waals surface area contributed by atoms with Crippen molar-refractivity contribution in [3.63, 3.8) is 0 Å². The van der Waals surface area contributed by atoms with Crippen molar-refractivity contribution >= 4 is 23.3 Å². The van der Waals surface area contributed by atoms with Crippen LogP contribution in [0.25, 0.3) is 0 Å². The second-order valence-electron chi connectivity index (χ2n) is 12.8.